The van der Waals surface area contributed by atoms with E-state index in [4.69, 9.17) is 0 Å². The van der Waals surface area contributed by atoms with Gasteiger partial charge in [0.2, 0.25) is 5.91 Å². The molecule has 4 heteroatoms. The maximum Gasteiger partial charge on any atom is 0.234 e. The molecule has 0 aliphatic heterocycles. The first kappa shape index (κ1) is 24.5. The molecule has 1 amide bonds. The van der Waals surface area contributed by atoms with Crippen LogP contribution in [0.4, 0.5) is 11.4 Å². The number of hydrogen-bond donors (Lipinski definition) is 0. The fourth-order valence-corrected chi connectivity index (χ4v) is 6.52. The molecule has 2 aromatic carbocycles. The van der Waals surface area contributed by atoms with Crippen LogP contribution in [0.1, 0.15) is 77.5 Å². The molecule has 3 aromatic rings. The molecule has 0 radical (unpaired) electrons. The van der Waals surface area contributed by atoms with Gasteiger partial charge in [-0.05, 0) is 85.0 Å². The molecule has 0 bridgehead atoms. The van der Waals surface area contributed by atoms with Gasteiger partial charge in [-0.3, -0.25) is 4.79 Å². The second kappa shape index (κ2) is 10.4. The third-order valence-electron chi connectivity index (χ3n) is 7.15. The van der Waals surface area contributed by atoms with Crippen molar-refractivity contribution in [1.82, 2.24) is 0 Å². The number of rotatable bonds is 7. The molecule has 0 saturated heterocycles. The number of nitrogens with zero attached hydrogens (tertiary/aromatic N) is 2. The summed E-state index contributed by atoms with van der Waals surface area (Å²) in [5.41, 5.74) is 7.36. The van der Waals surface area contributed by atoms with Crippen molar-refractivity contribution in [1.29, 1.82) is 0 Å². The topological polar surface area (TPSA) is 23.6 Å². The van der Waals surface area contributed by atoms with Crippen molar-refractivity contribution in [3.8, 4) is 0 Å². The number of benzene rings is 2. The van der Waals surface area contributed by atoms with Crippen LogP contribution in [-0.2, 0) is 24.2 Å². The van der Waals surface area contributed by atoms with Crippen molar-refractivity contribution in [2.24, 2.45) is 0 Å². The minimum atomic E-state index is -0.0468. The predicted molar refractivity (Wildman–Crippen MR) is 147 cm³/mol. The standard InChI is InChI=1S/C30H38N2OS/c1-7-26-21(4)34-28-10-8-9-27(29(26)28)30(33)32(25-17-13-23(14-18-25)20(2)3)19-22-11-15-24(16-12-22)31(5)6/h11-18,20,27H,7-10,19H2,1-6H3. The molecule has 34 heavy (non-hydrogen) atoms. The molecule has 0 saturated carbocycles. The van der Waals surface area contributed by atoms with Gasteiger partial charge < -0.3 is 9.80 Å². The zero-order valence-corrected chi connectivity index (χ0v) is 22.3. The molecule has 1 aliphatic carbocycles. The van der Waals surface area contributed by atoms with Gasteiger partial charge in [-0.2, -0.15) is 0 Å². The van der Waals surface area contributed by atoms with E-state index in [-0.39, 0.29) is 11.8 Å². The summed E-state index contributed by atoms with van der Waals surface area (Å²) in [5.74, 6) is 0.662. The van der Waals surface area contributed by atoms with Crippen LogP contribution < -0.4 is 9.80 Å². The van der Waals surface area contributed by atoms with Crippen molar-refractivity contribution in [3.63, 3.8) is 0 Å². The molecule has 3 nitrogen and oxygen atoms in total. The van der Waals surface area contributed by atoms with E-state index < -0.39 is 0 Å². The number of hydrogen-bond acceptors (Lipinski definition) is 3. The van der Waals surface area contributed by atoms with Crippen molar-refractivity contribution in [3.05, 3.63) is 80.5 Å². The maximum absolute atomic E-state index is 14.3. The quantitative estimate of drug-likeness (QED) is 0.355. The fraction of sp³-hybridized carbons (Fsp3) is 0.433. The van der Waals surface area contributed by atoms with Crippen molar-refractivity contribution < 1.29 is 4.79 Å². The van der Waals surface area contributed by atoms with Gasteiger partial charge in [0.25, 0.3) is 0 Å². The first-order chi connectivity index (χ1) is 16.3. The number of thiophene rings is 1. The Bertz CT molecular complexity index is 1130. The van der Waals surface area contributed by atoms with Crippen LogP contribution in [-0.4, -0.2) is 20.0 Å². The first-order valence-electron chi connectivity index (χ1n) is 12.6. The molecule has 0 fully saturated rings. The molecule has 1 unspecified atom stereocenters. The van der Waals surface area contributed by atoms with E-state index in [0.29, 0.717) is 12.5 Å². The van der Waals surface area contributed by atoms with E-state index in [1.54, 1.807) is 0 Å². The molecule has 0 spiro atoms. The molecule has 1 aromatic heterocycles. The van der Waals surface area contributed by atoms with E-state index in [1.807, 2.05) is 16.2 Å². The van der Waals surface area contributed by atoms with Gasteiger partial charge in [0.15, 0.2) is 0 Å². The summed E-state index contributed by atoms with van der Waals surface area (Å²) in [6.45, 7) is 9.44. The van der Waals surface area contributed by atoms with E-state index in [0.717, 1.165) is 36.9 Å². The van der Waals surface area contributed by atoms with Crippen LogP contribution in [0.2, 0.25) is 0 Å². The highest BCUT2D eigenvalue weighted by atomic mass is 32.1. The Morgan fingerprint density at radius 2 is 1.68 bits per heavy atom. The van der Waals surface area contributed by atoms with Crippen molar-refractivity contribution >= 4 is 28.6 Å². The highest BCUT2D eigenvalue weighted by molar-refractivity contribution is 7.12. The second-order valence-electron chi connectivity index (χ2n) is 10.0. The molecule has 0 N–H and O–H groups in total. The SMILES string of the molecule is CCc1c(C)sc2c1C(C(=O)N(Cc1ccc(N(C)C)cc1)c1ccc(C(C)C)cc1)CCC2. The number of amides is 1. The Labute approximate surface area is 209 Å². The molecule has 1 heterocycles. The average Bonchev–Trinajstić information content (AvgIpc) is 3.17. The Balaban J connectivity index is 1.71. The summed E-state index contributed by atoms with van der Waals surface area (Å²) in [5, 5.41) is 0. The molecule has 1 aliphatic rings. The molecular formula is C30H38N2OS. The number of aryl methyl sites for hydroxylation is 2. The van der Waals surface area contributed by atoms with E-state index in [2.05, 4.69) is 95.2 Å². The van der Waals surface area contributed by atoms with Crippen LogP contribution in [0.5, 0.6) is 0 Å². The third-order valence-corrected chi connectivity index (χ3v) is 8.38. The monoisotopic (exact) mass is 474 g/mol. The highest BCUT2D eigenvalue weighted by Crippen LogP contribution is 2.42. The van der Waals surface area contributed by atoms with E-state index in [9.17, 15) is 4.79 Å². The van der Waals surface area contributed by atoms with Crippen LogP contribution in [0, 0.1) is 6.92 Å². The fourth-order valence-electron chi connectivity index (χ4n) is 5.15. The number of carbonyl (C=O) groups is 1. The van der Waals surface area contributed by atoms with Gasteiger partial charge in [-0.15, -0.1) is 11.3 Å². The maximum atomic E-state index is 14.3. The minimum Gasteiger partial charge on any atom is -0.378 e. The van der Waals surface area contributed by atoms with Crippen molar-refractivity contribution in [2.75, 3.05) is 23.9 Å². The normalized spacial score (nSPS) is 15.3. The second-order valence-corrected chi connectivity index (χ2v) is 11.3. The zero-order valence-electron chi connectivity index (χ0n) is 21.5. The molecule has 4 rings (SSSR count). The third kappa shape index (κ3) is 4.93. The smallest absolute Gasteiger partial charge is 0.234 e. The van der Waals surface area contributed by atoms with Crippen LogP contribution in [0.3, 0.4) is 0 Å². The Morgan fingerprint density at radius 1 is 1.03 bits per heavy atom. The molecular weight excluding hydrogens is 436 g/mol. The van der Waals surface area contributed by atoms with Crippen LogP contribution >= 0.6 is 11.3 Å². The van der Waals surface area contributed by atoms with E-state index in [1.165, 1.54) is 32.1 Å². The van der Waals surface area contributed by atoms with E-state index >= 15 is 0 Å². The summed E-state index contributed by atoms with van der Waals surface area (Å²) >= 11 is 1.91. The van der Waals surface area contributed by atoms with Gasteiger partial charge >= 0.3 is 0 Å². The van der Waals surface area contributed by atoms with Crippen LogP contribution in [0.15, 0.2) is 48.5 Å². The lowest BCUT2D eigenvalue weighted by molar-refractivity contribution is -0.120. The first-order valence-corrected chi connectivity index (χ1v) is 13.4. The zero-order chi connectivity index (χ0) is 24.4. The lowest BCUT2D eigenvalue weighted by Crippen LogP contribution is -2.36. The Hall–Kier alpha value is -2.59. The lowest BCUT2D eigenvalue weighted by atomic mass is 9.83. The van der Waals surface area contributed by atoms with Gasteiger partial charge in [0, 0.05) is 35.2 Å². The number of anilines is 2. The summed E-state index contributed by atoms with van der Waals surface area (Å²) in [7, 11) is 4.10. The average molecular weight is 475 g/mol. The molecule has 1 atom stereocenters. The van der Waals surface area contributed by atoms with Crippen LogP contribution in [0.25, 0.3) is 0 Å². The van der Waals surface area contributed by atoms with Crippen molar-refractivity contribution in [2.45, 2.75) is 71.8 Å². The minimum absolute atomic E-state index is 0.0468. The van der Waals surface area contributed by atoms with Gasteiger partial charge in [-0.25, -0.2) is 0 Å². The number of carbonyl (C=O) groups excluding carboxylic acids is 1. The molecule has 180 valence electrons. The number of fused-ring (bicyclic) bond motifs is 1. The summed E-state index contributed by atoms with van der Waals surface area (Å²) in [6, 6.07) is 17.2. The predicted octanol–water partition coefficient (Wildman–Crippen LogP) is 7.46. The largest absolute Gasteiger partial charge is 0.378 e. The Morgan fingerprint density at radius 3 is 2.26 bits per heavy atom. The summed E-state index contributed by atoms with van der Waals surface area (Å²) in [6.07, 6.45) is 4.13. The van der Waals surface area contributed by atoms with Gasteiger partial charge in [0.05, 0.1) is 12.5 Å². The Kier molecular flexibility index (Phi) is 7.47. The highest BCUT2D eigenvalue weighted by Gasteiger charge is 2.34. The van der Waals surface area contributed by atoms with Gasteiger partial charge in [0.1, 0.15) is 0 Å². The summed E-state index contributed by atoms with van der Waals surface area (Å²) in [4.78, 5) is 21.2. The van der Waals surface area contributed by atoms with Gasteiger partial charge in [-0.1, -0.05) is 45.0 Å². The lowest BCUT2D eigenvalue weighted by Gasteiger charge is -2.31. The summed E-state index contributed by atoms with van der Waals surface area (Å²) < 4.78 is 0.